The van der Waals surface area contributed by atoms with Gasteiger partial charge in [-0.1, -0.05) is 6.07 Å². The van der Waals surface area contributed by atoms with Crippen LogP contribution in [0.2, 0.25) is 0 Å². The zero-order valence-corrected chi connectivity index (χ0v) is 8.11. The van der Waals surface area contributed by atoms with E-state index in [4.69, 9.17) is 0 Å². The number of hydrogen-bond acceptors (Lipinski definition) is 2. The minimum atomic E-state index is 0.717. The van der Waals surface area contributed by atoms with Gasteiger partial charge in [-0.2, -0.15) is 5.10 Å². The lowest BCUT2D eigenvalue weighted by Gasteiger charge is -1.94. The Bertz CT molecular complexity index is 532. The Morgan fingerprint density at radius 3 is 2.93 bits per heavy atom. The van der Waals surface area contributed by atoms with Crippen LogP contribution in [0, 0.1) is 0 Å². The summed E-state index contributed by atoms with van der Waals surface area (Å²) < 4.78 is 3.88. The molecular weight excluding hydrogens is 188 g/mol. The number of pyridine rings is 1. The van der Waals surface area contributed by atoms with Gasteiger partial charge in [-0.05, 0) is 18.2 Å². The van der Waals surface area contributed by atoms with Crippen LogP contribution in [0.1, 0.15) is 5.69 Å². The molecule has 0 spiro atoms. The maximum Gasteiger partial charge on any atom is 0.137 e. The molecule has 0 fully saturated rings. The third kappa shape index (κ3) is 1.50. The molecular formula is C11H10N4. The highest BCUT2D eigenvalue weighted by atomic mass is 15.3. The second-order valence-electron chi connectivity index (χ2n) is 3.40. The van der Waals surface area contributed by atoms with E-state index in [1.165, 1.54) is 0 Å². The van der Waals surface area contributed by atoms with Crippen molar-refractivity contribution in [2.75, 3.05) is 0 Å². The summed E-state index contributed by atoms with van der Waals surface area (Å²) >= 11 is 0. The van der Waals surface area contributed by atoms with Gasteiger partial charge in [0.15, 0.2) is 0 Å². The molecule has 3 rings (SSSR count). The van der Waals surface area contributed by atoms with Crippen molar-refractivity contribution in [1.29, 1.82) is 0 Å². The van der Waals surface area contributed by atoms with Gasteiger partial charge in [-0.3, -0.25) is 4.68 Å². The topological polar surface area (TPSA) is 35.1 Å². The van der Waals surface area contributed by atoms with Crippen LogP contribution in [0.15, 0.2) is 49.1 Å². The molecule has 0 amide bonds. The van der Waals surface area contributed by atoms with Crippen LogP contribution in [-0.4, -0.2) is 19.2 Å². The first-order valence-electron chi connectivity index (χ1n) is 4.82. The summed E-state index contributed by atoms with van der Waals surface area (Å²) in [4.78, 5) is 4.49. The second-order valence-corrected chi connectivity index (χ2v) is 3.40. The normalized spacial score (nSPS) is 10.9. The van der Waals surface area contributed by atoms with E-state index >= 15 is 0 Å². The highest BCUT2D eigenvalue weighted by Gasteiger charge is 2.00. The third-order valence-corrected chi connectivity index (χ3v) is 2.30. The van der Waals surface area contributed by atoms with Crippen molar-refractivity contribution < 1.29 is 0 Å². The molecule has 0 unspecified atom stereocenters. The van der Waals surface area contributed by atoms with E-state index in [2.05, 4.69) is 10.1 Å². The standard InChI is InChI=1S/C11H10N4/c1-2-6-14-8-10(13-11(14)4-1)9-15-7-3-5-12-15/h1-8H,9H2. The van der Waals surface area contributed by atoms with Gasteiger partial charge >= 0.3 is 0 Å². The predicted octanol–water partition coefficient (Wildman–Crippen LogP) is 1.58. The molecule has 74 valence electrons. The maximum atomic E-state index is 4.49. The average Bonchev–Trinajstić information content (AvgIpc) is 2.86. The molecule has 0 radical (unpaired) electrons. The van der Waals surface area contributed by atoms with Crippen molar-refractivity contribution in [2.24, 2.45) is 0 Å². The molecule has 0 aromatic carbocycles. The molecule has 15 heavy (non-hydrogen) atoms. The van der Waals surface area contributed by atoms with E-state index in [9.17, 15) is 0 Å². The minimum Gasteiger partial charge on any atom is -0.307 e. The lowest BCUT2D eigenvalue weighted by atomic mass is 10.5. The van der Waals surface area contributed by atoms with Crippen LogP contribution in [0.4, 0.5) is 0 Å². The van der Waals surface area contributed by atoms with E-state index < -0.39 is 0 Å². The molecule has 0 bridgehead atoms. The molecule has 3 aromatic rings. The van der Waals surface area contributed by atoms with Crippen molar-refractivity contribution in [2.45, 2.75) is 6.54 Å². The van der Waals surface area contributed by atoms with Gasteiger partial charge in [0.1, 0.15) is 5.65 Å². The zero-order valence-electron chi connectivity index (χ0n) is 8.11. The molecule has 0 aliphatic carbocycles. The molecule has 0 atom stereocenters. The number of aromatic nitrogens is 4. The summed E-state index contributed by atoms with van der Waals surface area (Å²) in [7, 11) is 0. The summed E-state index contributed by atoms with van der Waals surface area (Å²) in [6, 6.07) is 7.88. The number of imidazole rings is 1. The fourth-order valence-electron chi connectivity index (χ4n) is 1.62. The van der Waals surface area contributed by atoms with Gasteiger partial charge < -0.3 is 4.40 Å². The molecule has 0 N–H and O–H groups in total. The number of nitrogens with zero attached hydrogens (tertiary/aromatic N) is 4. The van der Waals surface area contributed by atoms with E-state index in [1.54, 1.807) is 6.20 Å². The molecule has 0 saturated carbocycles. The van der Waals surface area contributed by atoms with Gasteiger partial charge in [0.05, 0.1) is 12.2 Å². The van der Waals surface area contributed by atoms with Crippen LogP contribution < -0.4 is 0 Å². The minimum absolute atomic E-state index is 0.717. The van der Waals surface area contributed by atoms with Crippen LogP contribution in [0.5, 0.6) is 0 Å². The first kappa shape index (κ1) is 8.23. The van der Waals surface area contributed by atoms with Crippen molar-refractivity contribution >= 4 is 5.65 Å². The van der Waals surface area contributed by atoms with E-state index in [1.807, 2.05) is 51.9 Å². The highest BCUT2D eigenvalue weighted by Crippen LogP contribution is 2.05. The average molecular weight is 198 g/mol. The molecule has 0 aliphatic heterocycles. The molecule has 4 nitrogen and oxygen atoms in total. The third-order valence-electron chi connectivity index (χ3n) is 2.30. The Kier molecular flexibility index (Phi) is 1.78. The predicted molar refractivity (Wildman–Crippen MR) is 56.5 cm³/mol. The molecule has 0 aliphatic rings. The number of hydrogen-bond donors (Lipinski definition) is 0. The quantitative estimate of drug-likeness (QED) is 0.626. The van der Waals surface area contributed by atoms with Gasteiger partial charge in [-0.25, -0.2) is 4.98 Å². The summed E-state index contributed by atoms with van der Waals surface area (Å²) in [5.41, 5.74) is 1.99. The van der Waals surface area contributed by atoms with Crippen molar-refractivity contribution in [3.05, 3.63) is 54.7 Å². The summed E-state index contributed by atoms with van der Waals surface area (Å²) in [6.07, 6.45) is 7.73. The fraction of sp³-hybridized carbons (Fsp3) is 0.0909. The van der Waals surface area contributed by atoms with Crippen LogP contribution in [0.3, 0.4) is 0 Å². The van der Waals surface area contributed by atoms with Gasteiger partial charge in [-0.15, -0.1) is 0 Å². The molecule has 3 heterocycles. The van der Waals surface area contributed by atoms with Gasteiger partial charge in [0.2, 0.25) is 0 Å². The number of rotatable bonds is 2. The monoisotopic (exact) mass is 198 g/mol. The SMILES string of the molecule is c1ccn2cc(Cn3cccn3)nc2c1. The Labute approximate surface area is 86.8 Å². The second kappa shape index (κ2) is 3.24. The summed E-state index contributed by atoms with van der Waals surface area (Å²) in [5.74, 6) is 0. The van der Waals surface area contributed by atoms with E-state index in [0.29, 0.717) is 6.54 Å². The molecule has 4 heteroatoms. The highest BCUT2D eigenvalue weighted by molar-refractivity contribution is 5.39. The lowest BCUT2D eigenvalue weighted by Crippen LogP contribution is -1.99. The largest absolute Gasteiger partial charge is 0.307 e. The Morgan fingerprint density at radius 1 is 1.13 bits per heavy atom. The van der Waals surface area contributed by atoms with Crippen molar-refractivity contribution in [3.8, 4) is 0 Å². The first-order valence-corrected chi connectivity index (χ1v) is 4.82. The van der Waals surface area contributed by atoms with Crippen LogP contribution in [0.25, 0.3) is 5.65 Å². The van der Waals surface area contributed by atoms with Crippen LogP contribution >= 0.6 is 0 Å². The molecule has 3 aromatic heterocycles. The fourth-order valence-corrected chi connectivity index (χ4v) is 1.62. The molecule has 0 saturated heterocycles. The summed E-state index contributed by atoms with van der Waals surface area (Å²) in [6.45, 7) is 0.717. The zero-order chi connectivity index (χ0) is 10.1. The van der Waals surface area contributed by atoms with Crippen molar-refractivity contribution in [3.63, 3.8) is 0 Å². The van der Waals surface area contributed by atoms with Crippen LogP contribution in [-0.2, 0) is 6.54 Å². The smallest absolute Gasteiger partial charge is 0.137 e. The summed E-state index contributed by atoms with van der Waals surface area (Å²) in [5, 5.41) is 4.15. The Morgan fingerprint density at radius 2 is 2.13 bits per heavy atom. The van der Waals surface area contributed by atoms with E-state index in [-0.39, 0.29) is 0 Å². The van der Waals surface area contributed by atoms with Crippen molar-refractivity contribution in [1.82, 2.24) is 19.2 Å². The Hall–Kier alpha value is -2.10. The van der Waals surface area contributed by atoms with Gasteiger partial charge in [0.25, 0.3) is 0 Å². The maximum absolute atomic E-state index is 4.49. The Balaban J connectivity index is 1.98. The first-order chi connectivity index (χ1) is 7.42. The van der Waals surface area contributed by atoms with Gasteiger partial charge in [0, 0.05) is 24.8 Å². The van der Waals surface area contributed by atoms with E-state index in [0.717, 1.165) is 11.3 Å². The number of fused-ring (bicyclic) bond motifs is 1. The lowest BCUT2D eigenvalue weighted by molar-refractivity contribution is 0.676.